The molecular formula is C14H21NO2. The molecule has 1 saturated carbocycles. The third-order valence-electron chi connectivity index (χ3n) is 3.45. The van der Waals surface area contributed by atoms with E-state index in [0.29, 0.717) is 12.1 Å². The summed E-state index contributed by atoms with van der Waals surface area (Å²) >= 11 is 0. The minimum Gasteiger partial charge on any atom is -0.497 e. The van der Waals surface area contributed by atoms with Crippen LogP contribution in [0.25, 0.3) is 0 Å². The van der Waals surface area contributed by atoms with Crippen LogP contribution in [0.2, 0.25) is 0 Å². The molecule has 1 aliphatic carbocycles. The number of hydrogen-bond acceptors (Lipinski definition) is 3. The minimum absolute atomic E-state index is 0.457. The zero-order chi connectivity index (χ0) is 12.1. The van der Waals surface area contributed by atoms with E-state index in [4.69, 9.17) is 9.47 Å². The van der Waals surface area contributed by atoms with Gasteiger partial charge in [-0.1, -0.05) is 6.07 Å². The summed E-state index contributed by atoms with van der Waals surface area (Å²) in [7, 11) is 3.50. The highest BCUT2D eigenvalue weighted by Gasteiger charge is 2.20. The van der Waals surface area contributed by atoms with Gasteiger partial charge in [-0.15, -0.1) is 0 Å². The maximum atomic E-state index is 5.38. The van der Waals surface area contributed by atoms with Gasteiger partial charge in [0, 0.05) is 24.9 Å². The van der Waals surface area contributed by atoms with E-state index in [-0.39, 0.29) is 0 Å². The summed E-state index contributed by atoms with van der Waals surface area (Å²) in [4.78, 5) is 0. The number of benzene rings is 1. The van der Waals surface area contributed by atoms with E-state index in [1.54, 1.807) is 14.2 Å². The van der Waals surface area contributed by atoms with Crippen molar-refractivity contribution < 1.29 is 9.47 Å². The fourth-order valence-corrected chi connectivity index (χ4v) is 2.39. The predicted molar refractivity (Wildman–Crippen MR) is 69.7 cm³/mol. The normalized spacial score (nSPS) is 24.4. The molecule has 0 heterocycles. The smallest absolute Gasteiger partial charge is 0.120 e. The Kier molecular flexibility index (Phi) is 4.26. The van der Waals surface area contributed by atoms with Gasteiger partial charge < -0.3 is 14.8 Å². The van der Waals surface area contributed by atoms with Gasteiger partial charge in [0.05, 0.1) is 13.2 Å². The monoisotopic (exact) mass is 235 g/mol. The number of nitrogens with one attached hydrogen (secondary N) is 1. The lowest BCUT2D eigenvalue weighted by Crippen LogP contribution is -2.29. The van der Waals surface area contributed by atoms with Crippen LogP contribution in [0, 0.1) is 0 Å². The highest BCUT2D eigenvalue weighted by atomic mass is 16.5. The van der Waals surface area contributed by atoms with Crippen molar-refractivity contribution in [3.63, 3.8) is 0 Å². The molecule has 1 N–H and O–H groups in total. The highest BCUT2D eigenvalue weighted by Crippen LogP contribution is 2.25. The Morgan fingerprint density at radius 3 is 2.53 bits per heavy atom. The molecule has 3 heteroatoms. The van der Waals surface area contributed by atoms with Crippen molar-refractivity contribution in [3.8, 4) is 5.75 Å². The molecule has 2 rings (SSSR count). The number of rotatable bonds is 4. The van der Waals surface area contributed by atoms with Gasteiger partial charge in [-0.05, 0) is 37.8 Å². The van der Waals surface area contributed by atoms with Crippen molar-refractivity contribution in [1.29, 1.82) is 0 Å². The molecule has 0 bridgehead atoms. The quantitative estimate of drug-likeness (QED) is 0.870. The Labute approximate surface area is 103 Å². The maximum Gasteiger partial charge on any atom is 0.120 e. The van der Waals surface area contributed by atoms with Gasteiger partial charge in [-0.3, -0.25) is 0 Å². The molecule has 0 unspecified atom stereocenters. The van der Waals surface area contributed by atoms with Crippen molar-refractivity contribution >= 4 is 5.69 Å². The molecule has 1 aliphatic rings. The van der Waals surface area contributed by atoms with Gasteiger partial charge in [0.2, 0.25) is 0 Å². The number of ether oxygens (including phenoxy) is 2. The summed E-state index contributed by atoms with van der Waals surface area (Å²) in [5.74, 6) is 0.903. The van der Waals surface area contributed by atoms with Crippen molar-refractivity contribution in [2.24, 2.45) is 0 Å². The van der Waals surface area contributed by atoms with Crippen LogP contribution in [0.15, 0.2) is 24.3 Å². The molecule has 0 spiro atoms. The fourth-order valence-electron chi connectivity index (χ4n) is 2.39. The average Bonchev–Trinajstić information content (AvgIpc) is 2.40. The molecule has 0 aliphatic heterocycles. The van der Waals surface area contributed by atoms with E-state index in [1.165, 1.54) is 12.8 Å². The minimum atomic E-state index is 0.457. The first kappa shape index (κ1) is 12.2. The summed E-state index contributed by atoms with van der Waals surface area (Å²) in [6, 6.07) is 8.68. The lowest BCUT2D eigenvalue weighted by molar-refractivity contribution is 0.0682. The van der Waals surface area contributed by atoms with Crippen molar-refractivity contribution in [2.45, 2.75) is 37.8 Å². The summed E-state index contributed by atoms with van der Waals surface area (Å²) in [5.41, 5.74) is 1.14. The molecule has 94 valence electrons. The molecule has 1 fully saturated rings. The van der Waals surface area contributed by atoms with Crippen LogP contribution in [0.5, 0.6) is 5.75 Å². The summed E-state index contributed by atoms with van der Waals surface area (Å²) in [5, 5.41) is 3.56. The van der Waals surface area contributed by atoms with Gasteiger partial charge >= 0.3 is 0 Å². The standard InChI is InChI=1S/C14H21NO2/c1-16-13-8-6-11(7-9-13)15-12-4-3-5-14(10-12)17-2/h3-5,10-11,13,15H,6-9H2,1-2H3. The molecule has 3 nitrogen and oxygen atoms in total. The van der Waals surface area contributed by atoms with Gasteiger partial charge in [0.25, 0.3) is 0 Å². The number of methoxy groups -OCH3 is 2. The van der Waals surface area contributed by atoms with Crippen molar-refractivity contribution in [1.82, 2.24) is 0 Å². The van der Waals surface area contributed by atoms with Crippen LogP contribution in [0.3, 0.4) is 0 Å². The SMILES string of the molecule is COc1cccc(NC2CCC(OC)CC2)c1. The van der Waals surface area contributed by atoms with Gasteiger partial charge in [0.15, 0.2) is 0 Å². The summed E-state index contributed by atoms with van der Waals surface area (Å²) in [6.45, 7) is 0. The molecule has 0 amide bonds. The fraction of sp³-hybridized carbons (Fsp3) is 0.571. The second-order valence-electron chi connectivity index (χ2n) is 4.59. The lowest BCUT2D eigenvalue weighted by atomic mass is 9.93. The second-order valence-corrected chi connectivity index (χ2v) is 4.59. The Balaban J connectivity index is 1.88. The highest BCUT2D eigenvalue weighted by molar-refractivity contribution is 5.48. The lowest BCUT2D eigenvalue weighted by Gasteiger charge is -2.29. The van der Waals surface area contributed by atoms with Crippen molar-refractivity contribution in [3.05, 3.63) is 24.3 Å². The van der Waals surface area contributed by atoms with Crippen LogP contribution in [0.1, 0.15) is 25.7 Å². The summed E-state index contributed by atoms with van der Waals surface area (Å²) < 4.78 is 10.6. The van der Waals surface area contributed by atoms with E-state index < -0.39 is 0 Å². The number of hydrogen-bond donors (Lipinski definition) is 1. The number of anilines is 1. The van der Waals surface area contributed by atoms with Gasteiger partial charge in [0.1, 0.15) is 5.75 Å². The average molecular weight is 235 g/mol. The van der Waals surface area contributed by atoms with E-state index in [1.807, 2.05) is 18.2 Å². The van der Waals surface area contributed by atoms with E-state index in [0.717, 1.165) is 24.3 Å². The molecule has 0 aromatic heterocycles. The van der Waals surface area contributed by atoms with Crippen LogP contribution in [-0.2, 0) is 4.74 Å². The van der Waals surface area contributed by atoms with E-state index in [2.05, 4.69) is 11.4 Å². The van der Waals surface area contributed by atoms with Crippen LogP contribution in [0.4, 0.5) is 5.69 Å². The first-order chi connectivity index (χ1) is 8.31. The first-order valence-electron chi connectivity index (χ1n) is 6.25. The van der Waals surface area contributed by atoms with Crippen LogP contribution in [-0.4, -0.2) is 26.4 Å². The molecule has 1 aromatic rings. The van der Waals surface area contributed by atoms with Crippen molar-refractivity contribution in [2.75, 3.05) is 19.5 Å². The van der Waals surface area contributed by atoms with Gasteiger partial charge in [-0.25, -0.2) is 0 Å². The van der Waals surface area contributed by atoms with Gasteiger partial charge in [-0.2, -0.15) is 0 Å². The molecule has 0 saturated heterocycles. The van der Waals surface area contributed by atoms with E-state index >= 15 is 0 Å². The third kappa shape index (κ3) is 3.37. The molecule has 1 aromatic carbocycles. The first-order valence-corrected chi connectivity index (χ1v) is 6.25. The third-order valence-corrected chi connectivity index (χ3v) is 3.45. The summed E-state index contributed by atoms with van der Waals surface area (Å²) in [6.07, 6.45) is 5.11. The Morgan fingerprint density at radius 2 is 1.88 bits per heavy atom. The molecule has 0 atom stereocenters. The topological polar surface area (TPSA) is 30.5 Å². The van der Waals surface area contributed by atoms with Crippen LogP contribution >= 0.6 is 0 Å². The Morgan fingerprint density at radius 1 is 1.12 bits per heavy atom. The Hall–Kier alpha value is -1.22. The molecular weight excluding hydrogens is 214 g/mol. The zero-order valence-corrected chi connectivity index (χ0v) is 10.6. The predicted octanol–water partition coefficient (Wildman–Crippen LogP) is 3.06. The Bertz CT molecular complexity index is 346. The zero-order valence-electron chi connectivity index (χ0n) is 10.6. The largest absolute Gasteiger partial charge is 0.497 e. The van der Waals surface area contributed by atoms with E-state index in [9.17, 15) is 0 Å². The molecule has 17 heavy (non-hydrogen) atoms. The van der Waals surface area contributed by atoms with Crippen LogP contribution < -0.4 is 10.1 Å². The second kappa shape index (κ2) is 5.92. The maximum absolute atomic E-state index is 5.38. The molecule has 0 radical (unpaired) electrons.